The number of rotatable bonds is 3. The van der Waals surface area contributed by atoms with Crippen molar-refractivity contribution < 1.29 is 0 Å². The lowest BCUT2D eigenvalue weighted by Gasteiger charge is -2.40. The summed E-state index contributed by atoms with van der Waals surface area (Å²) in [4.78, 5) is 17.9. The normalized spacial score (nSPS) is 13.5. The first-order valence-corrected chi connectivity index (χ1v) is 15.6. The zero-order valence-corrected chi connectivity index (χ0v) is 24.5. The molecule has 1 aliphatic heterocycles. The van der Waals surface area contributed by atoms with Crippen molar-refractivity contribution in [3.05, 3.63) is 174 Å². The minimum absolute atomic E-state index is 0.520. The van der Waals surface area contributed by atoms with E-state index in [-0.39, 0.29) is 0 Å². The Labute approximate surface area is 260 Å². The Balaban J connectivity index is 1.41. The molecule has 0 fully saturated rings. The van der Waals surface area contributed by atoms with Crippen molar-refractivity contribution in [2.24, 2.45) is 0 Å². The van der Waals surface area contributed by atoms with E-state index in [1.807, 2.05) is 48.2 Å². The monoisotopic (exact) mass is 579 g/mol. The standard InChI is InChI=1S/C40H25N3S/c1-3-14-26(15-4-1)37-41-38(27-16-5-2-6-17-27)43-39(42-37)30-20-13-19-29-28-18-7-8-21-31(28)40(36(29)30)32-22-9-11-24-34(32)44-35-25-12-10-23-33(35)40/h1-25H. The molecular formula is C40H25N3S. The predicted molar refractivity (Wildman–Crippen MR) is 178 cm³/mol. The quantitative estimate of drug-likeness (QED) is 0.209. The van der Waals surface area contributed by atoms with Gasteiger partial charge in [-0.25, -0.2) is 15.0 Å². The molecule has 0 bridgehead atoms. The summed E-state index contributed by atoms with van der Waals surface area (Å²) in [5.41, 5.74) is 10.0. The second-order valence-corrected chi connectivity index (χ2v) is 12.2. The Hall–Kier alpha value is -5.32. The highest BCUT2D eigenvalue weighted by Gasteiger charge is 2.51. The molecule has 0 amide bonds. The third kappa shape index (κ3) is 3.61. The molecule has 206 valence electrons. The van der Waals surface area contributed by atoms with Crippen LogP contribution >= 0.6 is 11.8 Å². The van der Waals surface area contributed by atoms with E-state index in [2.05, 4.69) is 115 Å². The molecule has 44 heavy (non-hydrogen) atoms. The van der Waals surface area contributed by atoms with Gasteiger partial charge in [-0.2, -0.15) is 0 Å². The predicted octanol–water partition coefficient (Wildman–Crippen LogP) is 9.70. The van der Waals surface area contributed by atoms with E-state index in [0.29, 0.717) is 17.5 Å². The summed E-state index contributed by atoms with van der Waals surface area (Å²) in [6, 6.07) is 53.6. The van der Waals surface area contributed by atoms with Gasteiger partial charge in [0, 0.05) is 26.5 Å². The molecule has 0 unspecified atom stereocenters. The van der Waals surface area contributed by atoms with E-state index in [9.17, 15) is 0 Å². The maximum atomic E-state index is 5.20. The smallest absolute Gasteiger partial charge is 0.164 e. The van der Waals surface area contributed by atoms with E-state index in [4.69, 9.17) is 15.0 Å². The van der Waals surface area contributed by atoms with Crippen LogP contribution in [-0.4, -0.2) is 15.0 Å². The summed E-state index contributed by atoms with van der Waals surface area (Å²) in [6.07, 6.45) is 0. The molecule has 0 radical (unpaired) electrons. The second kappa shape index (κ2) is 9.87. The fourth-order valence-corrected chi connectivity index (χ4v) is 8.22. The highest BCUT2D eigenvalue weighted by Crippen LogP contribution is 2.63. The van der Waals surface area contributed by atoms with Gasteiger partial charge in [-0.3, -0.25) is 0 Å². The van der Waals surface area contributed by atoms with Crippen molar-refractivity contribution in [2.75, 3.05) is 0 Å². The van der Waals surface area contributed by atoms with Gasteiger partial charge in [0.1, 0.15) is 0 Å². The molecule has 7 aromatic rings. The van der Waals surface area contributed by atoms with E-state index >= 15 is 0 Å². The summed E-state index contributed by atoms with van der Waals surface area (Å²) in [6.45, 7) is 0. The molecule has 1 aromatic heterocycles. The van der Waals surface area contributed by atoms with Crippen LogP contribution in [0.1, 0.15) is 22.3 Å². The Bertz CT molecular complexity index is 2110. The fraction of sp³-hybridized carbons (Fsp3) is 0.0250. The minimum Gasteiger partial charge on any atom is -0.208 e. The molecule has 0 saturated carbocycles. The van der Waals surface area contributed by atoms with Gasteiger partial charge in [-0.05, 0) is 45.5 Å². The topological polar surface area (TPSA) is 38.7 Å². The van der Waals surface area contributed by atoms with Crippen LogP contribution < -0.4 is 0 Å². The van der Waals surface area contributed by atoms with Gasteiger partial charge in [0.15, 0.2) is 17.5 Å². The molecule has 0 N–H and O–H groups in total. The van der Waals surface area contributed by atoms with Gasteiger partial charge in [-0.1, -0.05) is 151 Å². The molecule has 1 aliphatic carbocycles. The number of aromatic nitrogens is 3. The largest absolute Gasteiger partial charge is 0.208 e. The van der Waals surface area contributed by atoms with Gasteiger partial charge < -0.3 is 0 Å². The summed E-state index contributed by atoms with van der Waals surface area (Å²) in [5, 5.41) is 0. The van der Waals surface area contributed by atoms with E-state index in [0.717, 1.165) is 16.7 Å². The first-order valence-electron chi connectivity index (χ1n) is 14.8. The fourth-order valence-electron chi connectivity index (χ4n) is 7.03. The van der Waals surface area contributed by atoms with Crippen LogP contribution in [0.3, 0.4) is 0 Å². The molecule has 3 nitrogen and oxygen atoms in total. The van der Waals surface area contributed by atoms with Gasteiger partial charge in [0.25, 0.3) is 0 Å². The van der Waals surface area contributed by atoms with E-state index in [1.165, 1.54) is 43.2 Å². The maximum Gasteiger partial charge on any atom is 0.164 e. The highest BCUT2D eigenvalue weighted by molar-refractivity contribution is 7.99. The zero-order valence-electron chi connectivity index (χ0n) is 23.7. The number of nitrogens with zero attached hydrogens (tertiary/aromatic N) is 3. The second-order valence-electron chi connectivity index (χ2n) is 11.2. The molecule has 9 rings (SSSR count). The van der Waals surface area contributed by atoms with Gasteiger partial charge in [0.2, 0.25) is 0 Å². The van der Waals surface area contributed by atoms with Crippen molar-refractivity contribution in [1.29, 1.82) is 0 Å². The van der Waals surface area contributed by atoms with Crippen molar-refractivity contribution >= 4 is 11.8 Å². The number of hydrogen-bond donors (Lipinski definition) is 0. The average molecular weight is 580 g/mol. The van der Waals surface area contributed by atoms with Crippen LogP contribution in [0.25, 0.3) is 45.3 Å². The van der Waals surface area contributed by atoms with Crippen LogP contribution in [0.15, 0.2) is 161 Å². The molecule has 6 aromatic carbocycles. The van der Waals surface area contributed by atoms with Crippen molar-refractivity contribution in [2.45, 2.75) is 15.2 Å². The van der Waals surface area contributed by atoms with Crippen LogP contribution in [-0.2, 0) is 5.41 Å². The van der Waals surface area contributed by atoms with Crippen molar-refractivity contribution in [3.63, 3.8) is 0 Å². The number of benzene rings is 6. The lowest BCUT2D eigenvalue weighted by atomic mass is 9.66. The lowest BCUT2D eigenvalue weighted by Crippen LogP contribution is -2.32. The summed E-state index contributed by atoms with van der Waals surface area (Å²) < 4.78 is 0. The highest BCUT2D eigenvalue weighted by atomic mass is 32.2. The molecule has 0 atom stereocenters. The summed E-state index contributed by atoms with van der Waals surface area (Å²) in [7, 11) is 0. The first kappa shape index (κ1) is 25.2. The SMILES string of the molecule is c1ccc(-c2nc(-c3ccccc3)nc(-c3cccc4c3C3(c5ccccc5Sc5ccccc53)c3ccccc3-4)n2)cc1. The Morgan fingerprint density at radius 1 is 0.364 bits per heavy atom. The van der Waals surface area contributed by atoms with E-state index < -0.39 is 5.41 Å². The molecule has 1 spiro atoms. The summed E-state index contributed by atoms with van der Waals surface area (Å²) >= 11 is 1.85. The molecule has 0 saturated heterocycles. The van der Waals surface area contributed by atoms with Crippen LogP contribution in [0.2, 0.25) is 0 Å². The Morgan fingerprint density at radius 3 is 1.43 bits per heavy atom. The third-order valence-corrected chi connectivity index (χ3v) is 9.95. The average Bonchev–Trinajstić information content (AvgIpc) is 3.40. The number of hydrogen-bond acceptors (Lipinski definition) is 4. The Morgan fingerprint density at radius 2 is 0.818 bits per heavy atom. The molecule has 2 aliphatic rings. The van der Waals surface area contributed by atoms with Crippen LogP contribution in [0, 0.1) is 0 Å². The third-order valence-electron chi connectivity index (χ3n) is 8.80. The zero-order chi connectivity index (χ0) is 29.1. The molecular weight excluding hydrogens is 555 g/mol. The van der Waals surface area contributed by atoms with Crippen LogP contribution in [0.4, 0.5) is 0 Å². The van der Waals surface area contributed by atoms with Crippen molar-refractivity contribution in [1.82, 2.24) is 15.0 Å². The number of fused-ring (bicyclic) bond motifs is 9. The molecule has 4 heteroatoms. The van der Waals surface area contributed by atoms with Crippen LogP contribution in [0.5, 0.6) is 0 Å². The van der Waals surface area contributed by atoms with Crippen molar-refractivity contribution in [3.8, 4) is 45.3 Å². The van der Waals surface area contributed by atoms with Gasteiger partial charge >= 0.3 is 0 Å². The minimum atomic E-state index is -0.520. The van der Waals surface area contributed by atoms with Gasteiger partial charge in [0.05, 0.1) is 5.41 Å². The lowest BCUT2D eigenvalue weighted by molar-refractivity contribution is 0.723. The summed E-state index contributed by atoms with van der Waals surface area (Å²) in [5.74, 6) is 2.00. The van der Waals surface area contributed by atoms with Gasteiger partial charge in [-0.15, -0.1) is 0 Å². The van der Waals surface area contributed by atoms with E-state index in [1.54, 1.807) is 0 Å². The maximum absolute atomic E-state index is 5.20. The molecule has 2 heterocycles. The first-order chi connectivity index (χ1) is 21.8. The Kier molecular flexibility index (Phi) is 5.65.